The molecule has 0 unspecified atom stereocenters. The molecule has 0 spiro atoms. The second-order valence-corrected chi connectivity index (χ2v) is 5.90. The van der Waals surface area contributed by atoms with E-state index in [4.69, 9.17) is 9.47 Å². The first-order valence-corrected chi connectivity index (χ1v) is 8.27. The van der Waals surface area contributed by atoms with Crippen LogP contribution in [0.1, 0.15) is 51.4 Å². The lowest BCUT2D eigenvalue weighted by molar-refractivity contribution is -0.107. The Morgan fingerprint density at radius 1 is 1.10 bits per heavy atom. The number of methoxy groups -OCH3 is 2. The molecule has 4 heteroatoms. The second kappa shape index (κ2) is 10.8. The van der Waals surface area contributed by atoms with Crippen LogP contribution in [-0.4, -0.2) is 35.9 Å². The third-order valence-electron chi connectivity index (χ3n) is 3.76. The fourth-order valence-corrected chi connectivity index (χ4v) is 2.77. The lowest BCUT2D eigenvalue weighted by Gasteiger charge is -2.12. The van der Waals surface area contributed by atoms with Gasteiger partial charge in [-0.25, -0.2) is 0 Å². The van der Waals surface area contributed by atoms with Gasteiger partial charge in [0.15, 0.2) is 6.29 Å². The zero-order chi connectivity index (χ0) is 15.5. The maximum Gasteiger partial charge on any atom is 0.156 e. The smallest absolute Gasteiger partial charge is 0.156 e. The molecule has 21 heavy (non-hydrogen) atoms. The van der Waals surface area contributed by atoms with Crippen molar-refractivity contribution in [1.82, 2.24) is 0 Å². The fraction of sp³-hybridized carbons (Fsp3) is 0.647. The maximum atomic E-state index is 10.0. The summed E-state index contributed by atoms with van der Waals surface area (Å²) in [6, 6.07) is 0. The van der Waals surface area contributed by atoms with Gasteiger partial charge in [-0.3, -0.25) is 0 Å². The Morgan fingerprint density at radius 2 is 1.71 bits per heavy atom. The summed E-state index contributed by atoms with van der Waals surface area (Å²) >= 11 is 0. The molecule has 3 radical (unpaired) electrons. The SMILES string of the molecule is COC(CCCCCCCCC(O)=C1C=CC=C1[Si])OC. The van der Waals surface area contributed by atoms with Gasteiger partial charge in [0.2, 0.25) is 0 Å². The largest absolute Gasteiger partial charge is 0.512 e. The van der Waals surface area contributed by atoms with Crippen LogP contribution < -0.4 is 0 Å². The summed E-state index contributed by atoms with van der Waals surface area (Å²) in [5.74, 6) is 0.494. The summed E-state index contributed by atoms with van der Waals surface area (Å²) in [5, 5.41) is 11.0. The highest BCUT2D eigenvalue weighted by Crippen LogP contribution is 2.21. The lowest BCUT2D eigenvalue weighted by Crippen LogP contribution is -2.12. The monoisotopic (exact) mass is 307 g/mol. The number of aliphatic hydroxyl groups is 1. The number of hydrogen-bond acceptors (Lipinski definition) is 3. The minimum Gasteiger partial charge on any atom is -0.512 e. The summed E-state index contributed by atoms with van der Waals surface area (Å²) in [5.41, 5.74) is 0.928. The molecule has 1 rings (SSSR count). The highest BCUT2D eigenvalue weighted by atomic mass is 28.1. The Kier molecular flexibility index (Phi) is 9.38. The van der Waals surface area contributed by atoms with E-state index in [2.05, 4.69) is 10.2 Å². The quantitative estimate of drug-likeness (QED) is 0.269. The van der Waals surface area contributed by atoms with Gasteiger partial charge in [-0.05, 0) is 19.3 Å². The van der Waals surface area contributed by atoms with Crippen molar-refractivity contribution in [2.75, 3.05) is 14.2 Å². The van der Waals surface area contributed by atoms with Crippen molar-refractivity contribution in [3.8, 4) is 0 Å². The molecular formula is C17H27O3Si. The molecule has 0 fully saturated rings. The van der Waals surface area contributed by atoms with E-state index in [0.29, 0.717) is 5.76 Å². The number of unbranched alkanes of at least 4 members (excludes halogenated alkanes) is 5. The standard InChI is InChI=1S/C17H27O3Si/c1-19-17(20-2)13-8-6-4-3-5-7-11-15(18)14-10-9-12-16(14)21/h9-10,12,17-18H,3-8,11,13H2,1-2H3. The van der Waals surface area contributed by atoms with Crippen molar-refractivity contribution in [3.05, 3.63) is 34.8 Å². The molecule has 1 aliphatic carbocycles. The number of aliphatic hydroxyl groups excluding tert-OH is 1. The first kappa shape index (κ1) is 18.2. The number of allylic oxidation sites excluding steroid dienone is 6. The molecule has 0 atom stereocenters. The highest BCUT2D eigenvalue weighted by Gasteiger charge is 2.08. The van der Waals surface area contributed by atoms with Gasteiger partial charge in [0.1, 0.15) is 0 Å². The first-order chi connectivity index (χ1) is 10.2. The van der Waals surface area contributed by atoms with Crippen molar-refractivity contribution in [1.29, 1.82) is 0 Å². The van der Waals surface area contributed by atoms with Crippen LogP contribution in [0.5, 0.6) is 0 Å². The predicted octanol–water partition coefficient (Wildman–Crippen LogP) is 4.16. The van der Waals surface area contributed by atoms with E-state index in [9.17, 15) is 5.11 Å². The zero-order valence-corrected chi connectivity index (χ0v) is 14.2. The van der Waals surface area contributed by atoms with Gasteiger partial charge in [-0.2, -0.15) is 0 Å². The van der Waals surface area contributed by atoms with E-state index in [0.717, 1.165) is 36.5 Å². The van der Waals surface area contributed by atoms with Crippen LogP contribution in [0.3, 0.4) is 0 Å². The van der Waals surface area contributed by atoms with E-state index in [1.54, 1.807) is 14.2 Å². The van der Waals surface area contributed by atoms with Crippen LogP contribution >= 0.6 is 0 Å². The Labute approximate surface area is 132 Å². The molecule has 3 nitrogen and oxygen atoms in total. The van der Waals surface area contributed by atoms with Gasteiger partial charge in [-0.15, -0.1) is 0 Å². The summed E-state index contributed by atoms with van der Waals surface area (Å²) in [7, 11) is 6.86. The molecule has 0 aromatic rings. The van der Waals surface area contributed by atoms with E-state index >= 15 is 0 Å². The van der Waals surface area contributed by atoms with Crippen molar-refractivity contribution < 1.29 is 14.6 Å². The van der Waals surface area contributed by atoms with Gasteiger partial charge in [0, 0.05) is 26.2 Å². The summed E-state index contributed by atoms with van der Waals surface area (Å²) in [6.45, 7) is 0. The zero-order valence-electron chi connectivity index (χ0n) is 13.2. The normalized spacial score (nSPS) is 16.7. The van der Waals surface area contributed by atoms with E-state index in [1.807, 2.05) is 18.2 Å². The van der Waals surface area contributed by atoms with Gasteiger partial charge in [0.05, 0.1) is 16.0 Å². The maximum absolute atomic E-state index is 10.0. The number of hydrogen-bond donors (Lipinski definition) is 1. The molecular weight excluding hydrogens is 280 g/mol. The van der Waals surface area contributed by atoms with E-state index < -0.39 is 0 Å². The van der Waals surface area contributed by atoms with Crippen LogP contribution in [0.2, 0.25) is 0 Å². The Morgan fingerprint density at radius 3 is 2.29 bits per heavy atom. The molecule has 1 N–H and O–H groups in total. The molecule has 0 bridgehead atoms. The summed E-state index contributed by atoms with van der Waals surface area (Å²) < 4.78 is 10.3. The fourth-order valence-electron chi connectivity index (χ4n) is 2.45. The van der Waals surface area contributed by atoms with Crippen LogP contribution in [0.15, 0.2) is 34.8 Å². The van der Waals surface area contributed by atoms with Gasteiger partial charge in [-0.1, -0.05) is 49.1 Å². The molecule has 0 saturated heterocycles. The lowest BCUT2D eigenvalue weighted by atomic mass is 10.1. The molecule has 0 aromatic heterocycles. The number of ether oxygens (including phenoxy) is 2. The topological polar surface area (TPSA) is 38.7 Å². The van der Waals surface area contributed by atoms with Crippen molar-refractivity contribution in [2.45, 2.75) is 57.7 Å². The molecule has 1 aliphatic rings. The van der Waals surface area contributed by atoms with Gasteiger partial charge < -0.3 is 14.6 Å². The summed E-state index contributed by atoms with van der Waals surface area (Å²) in [6.07, 6.45) is 14.5. The Balaban J connectivity index is 2.00. The second-order valence-electron chi connectivity index (χ2n) is 5.36. The van der Waals surface area contributed by atoms with E-state index in [-0.39, 0.29) is 6.29 Å². The van der Waals surface area contributed by atoms with Crippen molar-refractivity contribution in [3.63, 3.8) is 0 Å². The Bertz CT molecular complexity index is 381. The van der Waals surface area contributed by atoms with E-state index in [1.165, 1.54) is 25.7 Å². The van der Waals surface area contributed by atoms with Gasteiger partial charge in [0.25, 0.3) is 0 Å². The third-order valence-corrected chi connectivity index (χ3v) is 4.19. The Hall–Kier alpha value is -0.843. The highest BCUT2D eigenvalue weighted by molar-refractivity contribution is 6.25. The summed E-state index contributed by atoms with van der Waals surface area (Å²) in [4.78, 5) is 0. The third kappa shape index (κ3) is 7.11. The molecule has 0 heterocycles. The van der Waals surface area contributed by atoms with Crippen LogP contribution in [-0.2, 0) is 9.47 Å². The average Bonchev–Trinajstić information content (AvgIpc) is 2.92. The van der Waals surface area contributed by atoms with Crippen LogP contribution in [0.25, 0.3) is 0 Å². The van der Waals surface area contributed by atoms with Crippen LogP contribution in [0.4, 0.5) is 0 Å². The minimum atomic E-state index is -0.0561. The van der Waals surface area contributed by atoms with Crippen molar-refractivity contribution in [2.24, 2.45) is 0 Å². The molecule has 0 aliphatic heterocycles. The van der Waals surface area contributed by atoms with Crippen molar-refractivity contribution >= 4 is 10.2 Å². The van der Waals surface area contributed by atoms with Gasteiger partial charge >= 0.3 is 0 Å². The first-order valence-electron chi connectivity index (χ1n) is 7.77. The average molecular weight is 307 g/mol. The minimum absolute atomic E-state index is 0.0561. The number of rotatable bonds is 11. The van der Waals surface area contributed by atoms with Crippen LogP contribution in [0, 0.1) is 0 Å². The molecule has 0 aromatic carbocycles. The molecule has 0 amide bonds. The predicted molar refractivity (Wildman–Crippen MR) is 87.4 cm³/mol. The molecule has 117 valence electrons. The molecule has 0 saturated carbocycles.